The van der Waals surface area contributed by atoms with Gasteiger partial charge in [-0.15, -0.1) is 0 Å². The maximum Gasteiger partial charge on any atom is 0.295 e. The topological polar surface area (TPSA) is 88.5 Å². The highest BCUT2D eigenvalue weighted by molar-refractivity contribution is 6.46. The van der Waals surface area contributed by atoms with Crippen LogP contribution in [-0.2, 0) is 9.59 Å². The largest absolute Gasteiger partial charge is 0.507 e. The third kappa shape index (κ3) is 4.84. The number of halogens is 1. The number of hydrogen-bond donors (Lipinski definition) is 1. The van der Waals surface area contributed by atoms with E-state index in [0.717, 1.165) is 0 Å². The predicted octanol–water partition coefficient (Wildman–Crippen LogP) is 3.22. The summed E-state index contributed by atoms with van der Waals surface area (Å²) in [5.74, 6) is -1.35. The first-order valence-electron chi connectivity index (χ1n) is 10.7. The second kappa shape index (κ2) is 10.6. The van der Waals surface area contributed by atoms with Crippen LogP contribution in [-0.4, -0.2) is 75.1 Å². The van der Waals surface area contributed by atoms with E-state index in [-0.39, 0.29) is 23.4 Å². The summed E-state index contributed by atoms with van der Waals surface area (Å²) in [5.41, 5.74) is 0.642. The number of carbonyl (C=O) groups excluding carboxylic acids is 2. The molecule has 2 aromatic carbocycles. The summed E-state index contributed by atoms with van der Waals surface area (Å²) >= 11 is 0. The number of likely N-dealkylation sites (tertiary alicyclic amines) is 1. The minimum absolute atomic E-state index is 0.0873. The third-order valence-electron chi connectivity index (χ3n) is 5.66. The second-order valence-electron chi connectivity index (χ2n) is 8.11. The molecule has 0 aliphatic carbocycles. The minimum atomic E-state index is -0.902. The Labute approximate surface area is 198 Å². The molecule has 1 saturated heterocycles. The van der Waals surface area contributed by atoms with Gasteiger partial charge in [0, 0.05) is 12.1 Å². The molecule has 1 aliphatic heterocycles. The molecule has 1 N–H and O–H groups in total. The third-order valence-corrected chi connectivity index (χ3v) is 5.66. The van der Waals surface area contributed by atoms with Crippen LogP contribution in [0.1, 0.15) is 23.6 Å². The molecule has 182 valence electrons. The zero-order valence-corrected chi connectivity index (χ0v) is 19.9. The van der Waals surface area contributed by atoms with Crippen molar-refractivity contribution in [3.05, 3.63) is 58.9 Å². The van der Waals surface area contributed by atoms with E-state index in [1.165, 1.54) is 50.5 Å². The monoisotopic (exact) mass is 472 g/mol. The van der Waals surface area contributed by atoms with Crippen LogP contribution in [0.4, 0.5) is 4.39 Å². The molecule has 1 heterocycles. The van der Waals surface area contributed by atoms with Gasteiger partial charge in [-0.1, -0.05) is 0 Å². The molecule has 0 radical (unpaired) electrons. The van der Waals surface area contributed by atoms with Gasteiger partial charge in [0.2, 0.25) is 5.75 Å². The molecule has 0 aromatic heterocycles. The van der Waals surface area contributed by atoms with Crippen molar-refractivity contribution in [3.63, 3.8) is 0 Å². The van der Waals surface area contributed by atoms with Gasteiger partial charge in [0.25, 0.3) is 11.7 Å². The SMILES string of the molecule is COc1cc([C@H]2C(=C(O)c3ccc(F)cc3)C(=O)C(=O)N2CCCN(C)C)cc(OC)c1OC. The zero-order chi connectivity index (χ0) is 25.0. The number of Topliss-reactive ketones (excluding diaryl/α,β-unsaturated/α-hetero) is 1. The lowest BCUT2D eigenvalue weighted by Gasteiger charge is -2.27. The molecular weight excluding hydrogens is 443 g/mol. The second-order valence-corrected chi connectivity index (χ2v) is 8.11. The van der Waals surface area contributed by atoms with Crippen molar-refractivity contribution in [2.24, 2.45) is 0 Å². The average Bonchev–Trinajstić information content (AvgIpc) is 3.07. The van der Waals surface area contributed by atoms with Crippen molar-refractivity contribution in [1.29, 1.82) is 0 Å². The fraction of sp³-hybridized carbons (Fsp3) is 0.360. The first-order valence-corrected chi connectivity index (χ1v) is 10.7. The summed E-state index contributed by atoms with van der Waals surface area (Å²) < 4.78 is 29.7. The first-order chi connectivity index (χ1) is 16.2. The molecule has 1 amide bonds. The average molecular weight is 473 g/mol. The molecule has 0 saturated carbocycles. The van der Waals surface area contributed by atoms with Gasteiger partial charge in [0.05, 0.1) is 32.9 Å². The van der Waals surface area contributed by atoms with Crippen molar-refractivity contribution in [3.8, 4) is 17.2 Å². The van der Waals surface area contributed by atoms with E-state index in [2.05, 4.69) is 0 Å². The number of ketones is 1. The summed E-state index contributed by atoms with van der Waals surface area (Å²) in [4.78, 5) is 29.6. The van der Waals surface area contributed by atoms with Crippen LogP contribution in [0.5, 0.6) is 17.2 Å². The highest BCUT2D eigenvalue weighted by Crippen LogP contribution is 2.45. The van der Waals surface area contributed by atoms with Gasteiger partial charge in [-0.3, -0.25) is 9.59 Å². The van der Waals surface area contributed by atoms with E-state index in [1.807, 2.05) is 19.0 Å². The van der Waals surface area contributed by atoms with Crippen molar-refractivity contribution in [2.75, 3.05) is 48.5 Å². The number of rotatable bonds is 9. The normalized spacial score (nSPS) is 17.4. The highest BCUT2D eigenvalue weighted by atomic mass is 19.1. The zero-order valence-electron chi connectivity index (χ0n) is 19.9. The quantitative estimate of drug-likeness (QED) is 0.341. The van der Waals surface area contributed by atoms with Crippen molar-refractivity contribution in [1.82, 2.24) is 9.80 Å². The standard InChI is InChI=1S/C25H29FN2O6/c1-27(2)11-6-12-28-21(16-13-18(32-3)24(34-5)19(14-16)33-4)20(23(30)25(28)31)22(29)15-7-9-17(26)10-8-15/h7-10,13-14,21,29H,6,11-12H2,1-5H3/t21-/m0/s1. The molecule has 2 aromatic rings. The maximum atomic E-state index is 13.4. The van der Waals surface area contributed by atoms with Crippen molar-refractivity contribution < 1.29 is 33.3 Å². The summed E-state index contributed by atoms with van der Waals surface area (Å²) in [6, 6.07) is 7.46. The molecule has 9 heteroatoms. The van der Waals surface area contributed by atoms with Gasteiger partial charge in [0.15, 0.2) is 11.5 Å². The van der Waals surface area contributed by atoms with Crippen molar-refractivity contribution in [2.45, 2.75) is 12.5 Å². The van der Waals surface area contributed by atoms with Crippen LogP contribution in [0.15, 0.2) is 42.0 Å². The highest BCUT2D eigenvalue weighted by Gasteiger charge is 2.46. The lowest BCUT2D eigenvalue weighted by Crippen LogP contribution is -2.32. The number of carbonyl (C=O) groups is 2. The lowest BCUT2D eigenvalue weighted by molar-refractivity contribution is -0.139. The number of aliphatic hydroxyl groups is 1. The van der Waals surface area contributed by atoms with Crippen LogP contribution in [0.2, 0.25) is 0 Å². The van der Waals surface area contributed by atoms with E-state index in [4.69, 9.17) is 14.2 Å². The summed E-state index contributed by atoms with van der Waals surface area (Å²) in [6.07, 6.45) is 0.609. The number of benzene rings is 2. The minimum Gasteiger partial charge on any atom is -0.507 e. The van der Waals surface area contributed by atoms with Crippen LogP contribution in [0.3, 0.4) is 0 Å². The maximum absolute atomic E-state index is 13.4. The van der Waals surface area contributed by atoms with Crippen LogP contribution in [0.25, 0.3) is 5.76 Å². The molecule has 34 heavy (non-hydrogen) atoms. The number of hydrogen-bond acceptors (Lipinski definition) is 7. The number of ether oxygens (including phenoxy) is 3. The molecular formula is C25H29FN2O6. The summed E-state index contributed by atoms with van der Waals surface area (Å²) in [7, 11) is 8.24. The molecule has 0 unspecified atom stereocenters. The fourth-order valence-corrected chi connectivity index (χ4v) is 4.04. The molecule has 1 aliphatic rings. The molecule has 0 bridgehead atoms. The van der Waals surface area contributed by atoms with Gasteiger partial charge < -0.3 is 29.1 Å². The van der Waals surface area contributed by atoms with Crippen LogP contribution >= 0.6 is 0 Å². The Balaban J connectivity index is 2.21. The van der Waals surface area contributed by atoms with E-state index >= 15 is 0 Å². The molecule has 0 spiro atoms. The Hall–Kier alpha value is -3.59. The van der Waals surface area contributed by atoms with Crippen LogP contribution < -0.4 is 14.2 Å². The number of amides is 1. The van der Waals surface area contributed by atoms with E-state index in [9.17, 15) is 19.1 Å². The summed E-state index contributed by atoms with van der Waals surface area (Å²) in [5, 5.41) is 11.1. The van der Waals surface area contributed by atoms with Crippen LogP contribution in [0, 0.1) is 5.82 Å². The number of methoxy groups -OCH3 is 3. The first kappa shape index (κ1) is 25.0. The van der Waals surface area contributed by atoms with E-state index in [0.29, 0.717) is 35.8 Å². The molecule has 1 fully saturated rings. The van der Waals surface area contributed by atoms with E-state index in [1.54, 1.807) is 12.1 Å². The Morgan fingerprint density at radius 3 is 2.12 bits per heavy atom. The Morgan fingerprint density at radius 1 is 1.03 bits per heavy atom. The number of nitrogens with zero attached hydrogens (tertiary/aromatic N) is 2. The number of aliphatic hydroxyl groups excluding tert-OH is 1. The Bertz CT molecular complexity index is 1070. The van der Waals surface area contributed by atoms with Gasteiger partial charge in [-0.25, -0.2) is 4.39 Å². The smallest absolute Gasteiger partial charge is 0.295 e. The molecule has 1 atom stereocenters. The molecule has 3 rings (SSSR count). The van der Waals surface area contributed by atoms with Gasteiger partial charge in [0.1, 0.15) is 11.6 Å². The fourth-order valence-electron chi connectivity index (χ4n) is 4.04. The van der Waals surface area contributed by atoms with E-state index < -0.39 is 23.5 Å². The van der Waals surface area contributed by atoms with Gasteiger partial charge in [-0.05, 0) is 69.0 Å². The Morgan fingerprint density at radius 2 is 1.62 bits per heavy atom. The Kier molecular flexibility index (Phi) is 7.78. The molecule has 8 nitrogen and oxygen atoms in total. The van der Waals surface area contributed by atoms with Gasteiger partial charge >= 0.3 is 0 Å². The van der Waals surface area contributed by atoms with Gasteiger partial charge in [-0.2, -0.15) is 0 Å². The van der Waals surface area contributed by atoms with Crippen molar-refractivity contribution >= 4 is 17.4 Å². The lowest BCUT2D eigenvalue weighted by atomic mass is 9.94. The predicted molar refractivity (Wildman–Crippen MR) is 125 cm³/mol. The summed E-state index contributed by atoms with van der Waals surface area (Å²) in [6.45, 7) is 0.979.